The smallest absolute Gasteiger partial charge is 0.0305 e. The van der Waals surface area contributed by atoms with Crippen molar-refractivity contribution in [2.45, 2.75) is 58.9 Å². The van der Waals surface area contributed by atoms with Gasteiger partial charge in [-0.15, -0.1) is 0 Å². The molecule has 1 heteroatoms. The van der Waals surface area contributed by atoms with Crippen LogP contribution in [0.1, 0.15) is 52.9 Å². The standard InChI is InChI=1S/C12H23N/c1-4-12(2,3)11(13)10-8-6-5-7-9-10/h8,11H,4-7,9,13H2,1-3H3. The van der Waals surface area contributed by atoms with Gasteiger partial charge in [-0.05, 0) is 37.5 Å². The first kappa shape index (κ1) is 10.8. The Hall–Kier alpha value is -0.300. The van der Waals surface area contributed by atoms with Gasteiger partial charge < -0.3 is 5.73 Å². The van der Waals surface area contributed by atoms with E-state index in [0.717, 1.165) is 6.42 Å². The SMILES string of the molecule is CCC(C)(C)C(N)C1=CCCCC1. The van der Waals surface area contributed by atoms with Crippen LogP contribution >= 0.6 is 0 Å². The van der Waals surface area contributed by atoms with E-state index in [1.165, 1.54) is 31.3 Å². The zero-order chi connectivity index (χ0) is 9.90. The van der Waals surface area contributed by atoms with Gasteiger partial charge in [-0.25, -0.2) is 0 Å². The second-order valence-corrected chi connectivity index (χ2v) is 4.84. The summed E-state index contributed by atoms with van der Waals surface area (Å²) in [5.74, 6) is 0. The van der Waals surface area contributed by atoms with Gasteiger partial charge in [0.1, 0.15) is 0 Å². The topological polar surface area (TPSA) is 26.0 Å². The molecule has 1 unspecified atom stereocenters. The van der Waals surface area contributed by atoms with Gasteiger partial charge in [0.15, 0.2) is 0 Å². The Kier molecular flexibility index (Phi) is 3.55. The van der Waals surface area contributed by atoms with E-state index in [9.17, 15) is 0 Å². The Labute approximate surface area is 82.4 Å². The van der Waals surface area contributed by atoms with Crippen molar-refractivity contribution in [1.29, 1.82) is 0 Å². The lowest BCUT2D eigenvalue weighted by Crippen LogP contribution is -2.38. The lowest BCUT2D eigenvalue weighted by Gasteiger charge is -2.33. The number of nitrogens with two attached hydrogens (primary N) is 1. The highest BCUT2D eigenvalue weighted by molar-refractivity contribution is 5.15. The molecule has 0 amide bonds. The molecule has 1 aliphatic carbocycles. The molecule has 0 heterocycles. The number of allylic oxidation sites excluding steroid dienone is 1. The molecule has 13 heavy (non-hydrogen) atoms. The molecule has 1 nitrogen and oxygen atoms in total. The van der Waals surface area contributed by atoms with Gasteiger partial charge in [0.25, 0.3) is 0 Å². The fourth-order valence-electron chi connectivity index (χ4n) is 1.87. The number of hydrogen-bond acceptors (Lipinski definition) is 1. The summed E-state index contributed by atoms with van der Waals surface area (Å²) in [6.45, 7) is 6.77. The number of rotatable bonds is 3. The fraction of sp³-hybridized carbons (Fsp3) is 0.833. The highest BCUT2D eigenvalue weighted by atomic mass is 14.7. The summed E-state index contributed by atoms with van der Waals surface area (Å²) in [5.41, 5.74) is 8.03. The van der Waals surface area contributed by atoms with Gasteiger partial charge in [-0.2, -0.15) is 0 Å². The summed E-state index contributed by atoms with van der Waals surface area (Å²) in [5, 5.41) is 0. The highest BCUT2D eigenvalue weighted by Crippen LogP contribution is 2.32. The molecular formula is C12H23N. The molecule has 0 spiro atoms. The minimum Gasteiger partial charge on any atom is -0.324 e. The van der Waals surface area contributed by atoms with Crippen molar-refractivity contribution in [3.05, 3.63) is 11.6 Å². The first-order valence-corrected chi connectivity index (χ1v) is 5.52. The van der Waals surface area contributed by atoms with Gasteiger partial charge in [0, 0.05) is 6.04 Å². The monoisotopic (exact) mass is 181 g/mol. The molecule has 0 aliphatic heterocycles. The Morgan fingerprint density at radius 3 is 2.62 bits per heavy atom. The van der Waals surface area contributed by atoms with Crippen molar-refractivity contribution in [3.63, 3.8) is 0 Å². The molecule has 0 aromatic carbocycles. The molecule has 2 N–H and O–H groups in total. The van der Waals surface area contributed by atoms with Crippen molar-refractivity contribution < 1.29 is 0 Å². The molecule has 1 aliphatic rings. The van der Waals surface area contributed by atoms with E-state index in [-0.39, 0.29) is 11.5 Å². The molecule has 0 saturated heterocycles. The fourth-order valence-corrected chi connectivity index (χ4v) is 1.87. The van der Waals surface area contributed by atoms with Crippen LogP contribution in [0, 0.1) is 5.41 Å². The predicted octanol–water partition coefficient (Wildman–Crippen LogP) is 3.25. The first-order chi connectivity index (χ1) is 6.08. The summed E-state index contributed by atoms with van der Waals surface area (Å²) in [6.07, 6.45) is 8.67. The Morgan fingerprint density at radius 1 is 1.46 bits per heavy atom. The maximum absolute atomic E-state index is 6.27. The molecule has 0 aromatic rings. The van der Waals surface area contributed by atoms with Crippen LogP contribution in [0.25, 0.3) is 0 Å². The second kappa shape index (κ2) is 4.28. The third-order valence-corrected chi connectivity index (χ3v) is 3.48. The second-order valence-electron chi connectivity index (χ2n) is 4.84. The lowest BCUT2D eigenvalue weighted by molar-refractivity contribution is 0.295. The zero-order valence-corrected chi connectivity index (χ0v) is 9.27. The Balaban J connectivity index is 2.65. The molecule has 0 radical (unpaired) electrons. The predicted molar refractivity (Wildman–Crippen MR) is 58.6 cm³/mol. The van der Waals surface area contributed by atoms with Crippen LogP contribution < -0.4 is 5.73 Å². The van der Waals surface area contributed by atoms with Gasteiger partial charge in [0.2, 0.25) is 0 Å². The van der Waals surface area contributed by atoms with Crippen LogP contribution in [0.5, 0.6) is 0 Å². The quantitative estimate of drug-likeness (QED) is 0.664. The largest absolute Gasteiger partial charge is 0.324 e. The lowest BCUT2D eigenvalue weighted by atomic mass is 9.76. The molecular weight excluding hydrogens is 158 g/mol. The van der Waals surface area contributed by atoms with E-state index in [1.807, 2.05) is 0 Å². The van der Waals surface area contributed by atoms with Crippen LogP contribution in [0.3, 0.4) is 0 Å². The molecule has 76 valence electrons. The van der Waals surface area contributed by atoms with Crippen LogP contribution in [-0.4, -0.2) is 6.04 Å². The molecule has 1 atom stereocenters. The maximum Gasteiger partial charge on any atom is 0.0305 e. The van der Waals surface area contributed by atoms with Crippen LogP contribution in [-0.2, 0) is 0 Å². The van der Waals surface area contributed by atoms with E-state index in [2.05, 4.69) is 26.8 Å². The van der Waals surface area contributed by atoms with E-state index in [4.69, 9.17) is 5.73 Å². The Morgan fingerprint density at radius 2 is 2.15 bits per heavy atom. The van der Waals surface area contributed by atoms with Crippen LogP contribution in [0.2, 0.25) is 0 Å². The summed E-state index contributed by atoms with van der Waals surface area (Å²) in [7, 11) is 0. The molecule has 0 aromatic heterocycles. The molecule has 0 fully saturated rings. The van der Waals surface area contributed by atoms with Crippen LogP contribution in [0.15, 0.2) is 11.6 Å². The Bertz CT molecular complexity index is 191. The van der Waals surface area contributed by atoms with E-state index in [0.29, 0.717) is 0 Å². The third-order valence-electron chi connectivity index (χ3n) is 3.48. The van der Waals surface area contributed by atoms with E-state index in [1.54, 1.807) is 0 Å². The van der Waals surface area contributed by atoms with Crippen LogP contribution in [0.4, 0.5) is 0 Å². The van der Waals surface area contributed by atoms with Gasteiger partial charge >= 0.3 is 0 Å². The van der Waals surface area contributed by atoms with Crippen molar-refractivity contribution >= 4 is 0 Å². The van der Waals surface area contributed by atoms with Gasteiger partial charge in [-0.3, -0.25) is 0 Å². The first-order valence-electron chi connectivity index (χ1n) is 5.52. The zero-order valence-electron chi connectivity index (χ0n) is 9.27. The molecule has 0 saturated carbocycles. The van der Waals surface area contributed by atoms with Crippen molar-refractivity contribution in [1.82, 2.24) is 0 Å². The van der Waals surface area contributed by atoms with E-state index >= 15 is 0 Å². The summed E-state index contributed by atoms with van der Waals surface area (Å²) in [4.78, 5) is 0. The number of hydrogen-bond donors (Lipinski definition) is 1. The highest BCUT2D eigenvalue weighted by Gasteiger charge is 2.27. The summed E-state index contributed by atoms with van der Waals surface area (Å²) < 4.78 is 0. The van der Waals surface area contributed by atoms with Crippen molar-refractivity contribution in [2.24, 2.45) is 11.1 Å². The van der Waals surface area contributed by atoms with Crippen molar-refractivity contribution in [3.8, 4) is 0 Å². The third kappa shape index (κ3) is 2.57. The molecule has 0 bridgehead atoms. The average Bonchev–Trinajstić information content (AvgIpc) is 2.18. The van der Waals surface area contributed by atoms with Gasteiger partial charge in [0.05, 0.1) is 0 Å². The maximum atomic E-state index is 6.27. The minimum atomic E-state index is 0.267. The molecule has 1 rings (SSSR count). The van der Waals surface area contributed by atoms with Crippen molar-refractivity contribution in [2.75, 3.05) is 0 Å². The summed E-state index contributed by atoms with van der Waals surface area (Å²) in [6, 6.07) is 0.276. The van der Waals surface area contributed by atoms with Gasteiger partial charge in [-0.1, -0.05) is 32.4 Å². The van der Waals surface area contributed by atoms with E-state index < -0.39 is 0 Å². The normalized spacial score (nSPS) is 21.1. The average molecular weight is 181 g/mol. The summed E-state index contributed by atoms with van der Waals surface area (Å²) >= 11 is 0. The minimum absolute atomic E-state index is 0.267.